The van der Waals surface area contributed by atoms with Crippen LogP contribution in [0.2, 0.25) is 0 Å². The van der Waals surface area contributed by atoms with Gasteiger partial charge in [0, 0.05) is 6.42 Å². The van der Waals surface area contributed by atoms with E-state index >= 15 is 0 Å². The third-order valence-corrected chi connectivity index (χ3v) is 3.72. The minimum atomic E-state index is -0.0991. The molecule has 0 radical (unpaired) electrons. The zero-order chi connectivity index (χ0) is 16.2. The Balaban J connectivity index is 2.03. The van der Waals surface area contributed by atoms with Crippen LogP contribution in [-0.4, -0.2) is 13.1 Å². The van der Waals surface area contributed by atoms with Crippen molar-refractivity contribution in [3.63, 3.8) is 0 Å². The van der Waals surface area contributed by atoms with Crippen molar-refractivity contribution in [2.45, 2.75) is 65.4 Å². The van der Waals surface area contributed by atoms with Crippen molar-refractivity contribution in [1.29, 1.82) is 0 Å². The Hall–Kier alpha value is -1.51. The van der Waals surface area contributed by atoms with Crippen LogP contribution in [0.5, 0.6) is 5.75 Å². The van der Waals surface area contributed by atoms with E-state index in [0.717, 1.165) is 30.1 Å². The molecule has 1 aromatic rings. The van der Waals surface area contributed by atoms with Crippen molar-refractivity contribution >= 4 is 5.97 Å². The number of benzene rings is 1. The Kier molecular flexibility index (Phi) is 9.36. The van der Waals surface area contributed by atoms with E-state index in [4.69, 9.17) is 9.47 Å². The van der Waals surface area contributed by atoms with Gasteiger partial charge in [0.15, 0.2) is 0 Å². The van der Waals surface area contributed by atoms with Gasteiger partial charge < -0.3 is 9.47 Å². The molecule has 0 N–H and O–H groups in total. The van der Waals surface area contributed by atoms with Gasteiger partial charge in [0.25, 0.3) is 0 Å². The predicted octanol–water partition coefficient (Wildman–Crippen LogP) is 5.13. The Morgan fingerprint density at radius 2 is 1.64 bits per heavy atom. The van der Waals surface area contributed by atoms with Crippen LogP contribution in [0.4, 0.5) is 0 Å². The number of ether oxygens (including phenoxy) is 2. The molecule has 0 spiro atoms. The summed E-state index contributed by atoms with van der Waals surface area (Å²) >= 11 is 0. The average Bonchev–Trinajstić information content (AvgIpc) is 2.52. The minimum absolute atomic E-state index is 0.0991. The third kappa shape index (κ3) is 8.71. The highest BCUT2D eigenvalue weighted by Crippen LogP contribution is 2.13. The normalized spacial score (nSPS) is 10.7. The number of hydrogen-bond donors (Lipinski definition) is 0. The molecule has 0 fully saturated rings. The Bertz CT molecular complexity index is 409. The van der Waals surface area contributed by atoms with Crippen LogP contribution in [0.25, 0.3) is 0 Å². The van der Waals surface area contributed by atoms with Gasteiger partial charge in [-0.25, -0.2) is 0 Å². The fourth-order valence-electron chi connectivity index (χ4n) is 2.31. The summed E-state index contributed by atoms with van der Waals surface area (Å²) in [6, 6.07) is 7.59. The van der Waals surface area contributed by atoms with Crippen LogP contribution in [0.3, 0.4) is 0 Å². The number of hydrogen-bond acceptors (Lipinski definition) is 3. The van der Waals surface area contributed by atoms with Gasteiger partial charge in [0.2, 0.25) is 0 Å². The monoisotopic (exact) mass is 306 g/mol. The molecule has 0 aliphatic carbocycles. The summed E-state index contributed by atoms with van der Waals surface area (Å²) < 4.78 is 10.4. The zero-order valence-electron chi connectivity index (χ0n) is 14.3. The number of carbonyl (C=O) groups excluding carboxylic acids is 1. The Morgan fingerprint density at radius 3 is 2.27 bits per heavy atom. The lowest BCUT2D eigenvalue weighted by Gasteiger charge is -2.06. The van der Waals surface area contributed by atoms with Crippen molar-refractivity contribution in [2.75, 3.05) is 7.11 Å². The van der Waals surface area contributed by atoms with Crippen LogP contribution in [0.1, 0.15) is 64.4 Å². The van der Waals surface area contributed by atoms with Crippen LogP contribution in [0, 0.1) is 5.92 Å². The SMILES string of the molecule is COc1ccc(COC(=O)CCCCCCCC(C)C)cc1. The predicted molar refractivity (Wildman–Crippen MR) is 89.9 cm³/mol. The second-order valence-corrected chi connectivity index (χ2v) is 6.21. The van der Waals surface area contributed by atoms with Crippen molar-refractivity contribution in [2.24, 2.45) is 5.92 Å². The van der Waals surface area contributed by atoms with E-state index in [1.54, 1.807) is 7.11 Å². The fourth-order valence-corrected chi connectivity index (χ4v) is 2.31. The van der Waals surface area contributed by atoms with Gasteiger partial charge in [0.05, 0.1) is 7.11 Å². The molecular weight excluding hydrogens is 276 g/mol. The van der Waals surface area contributed by atoms with Crippen LogP contribution < -0.4 is 4.74 Å². The van der Waals surface area contributed by atoms with Gasteiger partial charge in [-0.3, -0.25) is 4.79 Å². The molecule has 0 bridgehead atoms. The molecule has 3 heteroatoms. The van der Waals surface area contributed by atoms with Crippen LogP contribution >= 0.6 is 0 Å². The van der Waals surface area contributed by atoms with Gasteiger partial charge in [-0.15, -0.1) is 0 Å². The van der Waals surface area contributed by atoms with E-state index < -0.39 is 0 Å². The lowest BCUT2D eigenvalue weighted by Crippen LogP contribution is -2.04. The third-order valence-electron chi connectivity index (χ3n) is 3.72. The fraction of sp³-hybridized carbons (Fsp3) is 0.632. The second kappa shape index (κ2) is 11.1. The largest absolute Gasteiger partial charge is 0.497 e. The second-order valence-electron chi connectivity index (χ2n) is 6.21. The highest BCUT2D eigenvalue weighted by molar-refractivity contribution is 5.69. The van der Waals surface area contributed by atoms with Crippen molar-refractivity contribution < 1.29 is 14.3 Å². The Morgan fingerprint density at radius 1 is 1.00 bits per heavy atom. The first-order chi connectivity index (χ1) is 10.6. The van der Waals surface area contributed by atoms with Crippen molar-refractivity contribution in [3.05, 3.63) is 29.8 Å². The molecule has 0 aliphatic rings. The van der Waals surface area contributed by atoms with Crippen molar-refractivity contribution in [1.82, 2.24) is 0 Å². The van der Waals surface area contributed by atoms with Crippen LogP contribution in [0.15, 0.2) is 24.3 Å². The van der Waals surface area contributed by atoms with Gasteiger partial charge in [-0.05, 0) is 30.0 Å². The number of unbranched alkanes of at least 4 members (excludes halogenated alkanes) is 4. The molecular formula is C19H30O3. The summed E-state index contributed by atoms with van der Waals surface area (Å²) in [6.45, 7) is 4.87. The molecule has 1 rings (SSSR count). The first-order valence-corrected chi connectivity index (χ1v) is 8.40. The van der Waals surface area contributed by atoms with Gasteiger partial charge in [-0.2, -0.15) is 0 Å². The maximum Gasteiger partial charge on any atom is 0.306 e. The van der Waals surface area contributed by atoms with Crippen LogP contribution in [-0.2, 0) is 16.1 Å². The summed E-state index contributed by atoms with van der Waals surface area (Å²) in [4.78, 5) is 11.7. The summed E-state index contributed by atoms with van der Waals surface area (Å²) in [5, 5.41) is 0. The molecule has 0 atom stereocenters. The van der Waals surface area contributed by atoms with E-state index in [1.165, 1.54) is 25.7 Å². The molecule has 0 heterocycles. The first kappa shape index (κ1) is 18.5. The minimum Gasteiger partial charge on any atom is -0.497 e. The summed E-state index contributed by atoms with van der Waals surface area (Å²) in [6.07, 6.45) is 7.69. The lowest BCUT2D eigenvalue weighted by molar-refractivity contribution is -0.145. The zero-order valence-corrected chi connectivity index (χ0v) is 14.3. The first-order valence-electron chi connectivity index (χ1n) is 8.40. The average molecular weight is 306 g/mol. The van der Waals surface area contributed by atoms with E-state index in [1.807, 2.05) is 24.3 Å². The topological polar surface area (TPSA) is 35.5 Å². The van der Waals surface area contributed by atoms with Gasteiger partial charge in [-0.1, -0.05) is 58.1 Å². The van der Waals surface area contributed by atoms with E-state index in [2.05, 4.69) is 13.8 Å². The van der Waals surface area contributed by atoms with E-state index in [9.17, 15) is 4.79 Å². The van der Waals surface area contributed by atoms with E-state index in [-0.39, 0.29) is 5.97 Å². The smallest absolute Gasteiger partial charge is 0.306 e. The molecule has 124 valence electrons. The summed E-state index contributed by atoms with van der Waals surface area (Å²) in [5.41, 5.74) is 0.989. The molecule has 0 aromatic heterocycles. The summed E-state index contributed by atoms with van der Waals surface area (Å²) in [5.74, 6) is 1.51. The molecule has 1 aromatic carbocycles. The molecule has 0 saturated heterocycles. The molecule has 0 aliphatic heterocycles. The Labute approximate surface area is 135 Å². The maximum absolute atomic E-state index is 11.7. The molecule has 0 amide bonds. The molecule has 22 heavy (non-hydrogen) atoms. The maximum atomic E-state index is 11.7. The quantitative estimate of drug-likeness (QED) is 0.420. The van der Waals surface area contributed by atoms with Crippen molar-refractivity contribution in [3.8, 4) is 5.75 Å². The van der Waals surface area contributed by atoms with Gasteiger partial charge in [0.1, 0.15) is 12.4 Å². The number of carbonyl (C=O) groups is 1. The van der Waals surface area contributed by atoms with E-state index in [0.29, 0.717) is 13.0 Å². The van der Waals surface area contributed by atoms with Gasteiger partial charge >= 0.3 is 5.97 Å². The molecule has 0 saturated carbocycles. The standard InChI is InChI=1S/C19H30O3/c1-16(2)9-7-5-4-6-8-10-19(20)22-15-17-11-13-18(21-3)14-12-17/h11-14,16H,4-10,15H2,1-3H3. The highest BCUT2D eigenvalue weighted by Gasteiger charge is 2.04. The lowest BCUT2D eigenvalue weighted by atomic mass is 10.0. The highest BCUT2D eigenvalue weighted by atomic mass is 16.5. The molecule has 0 unspecified atom stereocenters. The number of esters is 1. The number of methoxy groups -OCH3 is 1. The summed E-state index contributed by atoms with van der Waals surface area (Å²) in [7, 11) is 1.64. The number of rotatable bonds is 11. The molecule has 3 nitrogen and oxygen atoms in total.